The molecule has 8 nitrogen and oxygen atoms in total. The molecule has 3 atom stereocenters. The van der Waals surface area contributed by atoms with Gasteiger partial charge in [-0.3, -0.25) is 13.8 Å². The first-order chi connectivity index (χ1) is 26.0. The number of nitrogens with one attached hydrogen (secondary N) is 1. The van der Waals surface area contributed by atoms with Crippen molar-refractivity contribution in [3.8, 4) is 0 Å². The summed E-state index contributed by atoms with van der Waals surface area (Å²) in [5.41, 5.74) is 0. The number of amides is 1. The summed E-state index contributed by atoms with van der Waals surface area (Å²) in [5, 5.41) is 13.8. The van der Waals surface area contributed by atoms with Crippen molar-refractivity contribution >= 4 is 13.7 Å². The minimum absolute atomic E-state index is 0.0582. The molecule has 320 valence electrons. The molecule has 0 rings (SSSR count). The van der Waals surface area contributed by atoms with Gasteiger partial charge in [0.25, 0.3) is 0 Å². The number of aliphatic hydroxyl groups is 1. The lowest BCUT2D eigenvalue weighted by atomic mass is 10.0. The average Bonchev–Trinajstić information content (AvgIpc) is 3.12. The largest absolute Gasteiger partial charge is 0.472 e. The van der Waals surface area contributed by atoms with Gasteiger partial charge in [-0.2, -0.15) is 0 Å². The monoisotopic (exact) mass is 786 g/mol. The molecule has 0 aromatic carbocycles. The lowest BCUT2D eigenvalue weighted by Crippen LogP contribution is -2.45. The van der Waals surface area contributed by atoms with Crippen LogP contribution in [0.15, 0.2) is 24.3 Å². The van der Waals surface area contributed by atoms with E-state index >= 15 is 0 Å². The summed E-state index contributed by atoms with van der Waals surface area (Å²) in [6.45, 7) is 4.80. The van der Waals surface area contributed by atoms with Gasteiger partial charge in [-0.15, -0.1) is 0 Å². The summed E-state index contributed by atoms with van der Waals surface area (Å²) in [5.74, 6) is -0.185. The van der Waals surface area contributed by atoms with Crippen LogP contribution in [0.2, 0.25) is 0 Å². The fourth-order valence-corrected chi connectivity index (χ4v) is 7.26. The number of unbranched alkanes of at least 4 members (excludes halogenated alkanes) is 26. The van der Waals surface area contributed by atoms with Gasteiger partial charge in [0.1, 0.15) is 13.2 Å². The topological polar surface area (TPSA) is 105 Å². The van der Waals surface area contributed by atoms with E-state index in [2.05, 4.69) is 31.3 Å². The number of hydrogen-bond acceptors (Lipinski definition) is 5. The van der Waals surface area contributed by atoms with Crippen LogP contribution in [0.3, 0.4) is 0 Å². The molecular weight excluding hydrogens is 695 g/mol. The Kier molecular flexibility index (Phi) is 36.8. The fourth-order valence-electron chi connectivity index (χ4n) is 6.53. The van der Waals surface area contributed by atoms with Gasteiger partial charge in [0.15, 0.2) is 0 Å². The molecule has 3 N–H and O–H groups in total. The van der Waals surface area contributed by atoms with Crippen molar-refractivity contribution in [2.75, 3.05) is 40.9 Å². The van der Waals surface area contributed by atoms with E-state index in [1.165, 1.54) is 148 Å². The highest BCUT2D eigenvalue weighted by atomic mass is 31.2. The summed E-state index contributed by atoms with van der Waals surface area (Å²) in [6, 6.07) is -0.857. The van der Waals surface area contributed by atoms with Crippen molar-refractivity contribution in [2.24, 2.45) is 0 Å². The average molecular weight is 786 g/mol. The van der Waals surface area contributed by atoms with E-state index in [1.54, 1.807) is 6.08 Å². The second-order valence-corrected chi connectivity index (χ2v) is 18.2. The lowest BCUT2D eigenvalue weighted by molar-refractivity contribution is -0.870. The Morgan fingerprint density at radius 1 is 0.611 bits per heavy atom. The molecule has 0 aromatic rings. The maximum Gasteiger partial charge on any atom is 0.472 e. The van der Waals surface area contributed by atoms with Crippen molar-refractivity contribution in [3.63, 3.8) is 0 Å². The van der Waals surface area contributed by atoms with Crippen LogP contribution < -0.4 is 5.32 Å². The molecule has 0 spiro atoms. The van der Waals surface area contributed by atoms with Crippen LogP contribution in [0.1, 0.15) is 206 Å². The van der Waals surface area contributed by atoms with Gasteiger partial charge in [0.05, 0.1) is 39.9 Å². The lowest BCUT2D eigenvalue weighted by Gasteiger charge is -2.25. The summed E-state index contributed by atoms with van der Waals surface area (Å²) < 4.78 is 23.5. The molecule has 0 aliphatic heterocycles. The maximum atomic E-state index is 12.9. The highest BCUT2D eigenvalue weighted by Crippen LogP contribution is 2.43. The molecular formula is C45H90N2O6P+. The van der Waals surface area contributed by atoms with Gasteiger partial charge >= 0.3 is 7.82 Å². The number of aliphatic hydroxyl groups excluding tert-OH is 1. The van der Waals surface area contributed by atoms with Crippen molar-refractivity contribution < 1.29 is 32.9 Å². The van der Waals surface area contributed by atoms with E-state index in [1.807, 2.05) is 27.2 Å². The number of phosphoric acid groups is 1. The molecule has 0 saturated carbocycles. The molecule has 0 heterocycles. The number of quaternary nitrogens is 1. The van der Waals surface area contributed by atoms with Gasteiger partial charge in [-0.1, -0.05) is 192 Å². The number of phosphoric ester groups is 1. The van der Waals surface area contributed by atoms with E-state index in [9.17, 15) is 19.4 Å². The zero-order valence-corrected chi connectivity index (χ0v) is 37.1. The van der Waals surface area contributed by atoms with Crippen LogP contribution in [0, 0.1) is 0 Å². The van der Waals surface area contributed by atoms with Gasteiger partial charge in [0.2, 0.25) is 5.91 Å². The van der Waals surface area contributed by atoms with Gasteiger partial charge in [0, 0.05) is 6.42 Å². The molecule has 1 amide bonds. The number of carbonyl (C=O) groups is 1. The molecule has 0 bridgehead atoms. The second kappa shape index (κ2) is 37.6. The number of hydrogen-bond donors (Lipinski definition) is 3. The molecule has 0 aliphatic rings. The smallest absolute Gasteiger partial charge is 0.387 e. The first-order valence-corrected chi connectivity index (χ1v) is 24.2. The van der Waals surface area contributed by atoms with Crippen LogP contribution >= 0.6 is 7.82 Å². The van der Waals surface area contributed by atoms with E-state index in [0.29, 0.717) is 17.4 Å². The summed E-state index contributed by atoms with van der Waals surface area (Å²) in [6.07, 6.45) is 43.9. The molecule has 0 aliphatic carbocycles. The zero-order valence-electron chi connectivity index (χ0n) is 36.2. The minimum Gasteiger partial charge on any atom is -0.387 e. The highest BCUT2D eigenvalue weighted by molar-refractivity contribution is 7.47. The fraction of sp³-hybridized carbons (Fsp3) is 0.889. The number of likely N-dealkylation sites (N-methyl/N-ethyl adjacent to an activating group) is 1. The standard InChI is InChI=1S/C45H89N2O6P/c1-6-8-10-12-14-16-18-20-22-23-25-27-29-31-33-35-37-39-45(49)46-43(42-53-54(50,51)52-41-40-47(3,4)5)44(48)38-36-34-32-30-28-26-24-21-19-17-15-13-11-9-7-2/h28,30,36,38,43-44,48H,6-27,29,31-35,37,39-42H2,1-5H3,(H-,46,49,50,51)/p+1/b30-28+,38-36+. The van der Waals surface area contributed by atoms with Gasteiger partial charge < -0.3 is 19.8 Å². The number of nitrogens with zero attached hydrogens (tertiary/aromatic N) is 1. The third kappa shape index (κ3) is 39.2. The maximum absolute atomic E-state index is 12.9. The highest BCUT2D eigenvalue weighted by Gasteiger charge is 2.27. The molecule has 0 radical (unpaired) electrons. The molecule has 0 saturated heterocycles. The summed E-state index contributed by atoms with van der Waals surface area (Å²) >= 11 is 0. The predicted molar refractivity (Wildman–Crippen MR) is 231 cm³/mol. The van der Waals surface area contributed by atoms with Crippen molar-refractivity contribution in [2.45, 2.75) is 219 Å². The van der Waals surface area contributed by atoms with Crippen LogP contribution in [0.4, 0.5) is 0 Å². The van der Waals surface area contributed by atoms with E-state index in [-0.39, 0.29) is 19.1 Å². The van der Waals surface area contributed by atoms with E-state index < -0.39 is 20.0 Å². The quantitative estimate of drug-likeness (QED) is 0.0247. The Labute approximate surface area is 334 Å². The zero-order chi connectivity index (χ0) is 40.0. The number of allylic oxidation sites excluding steroid dienone is 3. The first kappa shape index (κ1) is 53.0. The number of rotatable bonds is 41. The van der Waals surface area contributed by atoms with Crippen LogP contribution in [0.5, 0.6) is 0 Å². The Hall–Kier alpha value is -1.02. The van der Waals surface area contributed by atoms with Gasteiger partial charge in [-0.05, 0) is 32.1 Å². The molecule has 9 heteroatoms. The summed E-state index contributed by atoms with van der Waals surface area (Å²) in [4.78, 5) is 23.1. The molecule has 3 unspecified atom stereocenters. The summed E-state index contributed by atoms with van der Waals surface area (Å²) in [7, 11) is 1.56. The van der Waals surface area contributed by atoms with E-state index in [4.69, 9.17) is 9.05 Å². The van der Waals surface area contributed by atoms with Crippen molar-refractivity contribution in [1.82, 2.24) is 5.32 Å². The predicted octanol–water partition coefficient (Wildman–Crippen LogP) is 12.5. The van der Waals surface area contributed by atoms with Crippen LogP contribution in [-0.2, 0) is 18.4 Å². The SMILES string of the molecule is CCCCCCCCCCC/C=C/CC/C=C/C(O)C(COP(=O)(O)OCC[N+](C)(C)C)NC(=O)CCCCCCCCCCCCCCCCCCC. The minimum atomic E-state index is -4.34. The first-order valence-electron chi connectivity index (χ1n) is 22.7. The molecule has 54 heavy (non-hydrogen) atoms. The third-order valence-corrected chi connectivity index (χ3v) is 11.2. The molecule has 0 fully saturated rings. The van der Waals surface area contributed by atoms with Gasteiger partial charge in [-0.25, -0.2) is 4.57 Å². The number of carbonyl (C=O) groups excluding carboxylic acids is 1. The third-order valence-electron chi connectivity index (χ3n) is 10.2. The Bertz CT molecular complexity index is 938. The Morgan fingerprint density at radius 2 is 1.02 bits per heavy atom. The van der Waals surface area contributed by atoms with Crippen molar-refractivity contribution in [1.29, 1.82) is 0 Å². The van der Waals surface area contributed by atoms with Crippen molar-refractivity contribution in [3.05, 3.63) is 24.3 Å². The van der Waals surface area contributed by atoms with E-state index in [0.717, 1.165) is 38.5 Å². The molecule has 0 aromatic heterocycles. The van der Waals surface area contributed by atoms with Crippen LogP contribution in [0.25, 0.3) is 0 Å². The Morgan fingerprint density at radius 3 is 1.48 bits per heavy atom. The normalized spacial score (nSPS) is 14.6. The van der Waals surface area contributed by atoms with Crippen LogP contribution in [-0.4, -0.2) is 73.4 Å². The second-order valence-electron chi connectivity index (χ2n) is 16.8. The Balaban J connectivity index is 4.43.